The SMILES string of the molecule is Cc1ccc(C(O)C(O)CNC(=O)OC(C)(C)C)cc1C(=O)O. The van der Waals surface area contributed by atoms with Gasteiger partial charge in [-0.3, -0.25) is 0 Å². The lowest BCUT2D eigenvalue weighted by atomic mass is 9.99. The van der Waals surface area contributed by atoms with Gasteiger partial charge in [-0.05, 0) is 44.9 Å². The van der Waals surface area contributed by atoms with Crippen molar-refractivity contribution in [2.24, 2.45) is 0 Å². The highest BCUT2D eigenvalue weighted by molar-refractivity contribution is 5.89. The molecular weight excluding hydrogens is 302 g/mol. The van der Waals surface area contributed by atoms with E-state index in [-0.39, 0.29) is 17.7 Å². The van der Waals surface area contributed by atoms with Crippen molar-refractivity contribution < 1.29 is 29.6 Å². The summed E-state index contributed by atoms with van der Waals surface area (Å²) in [6.07, 6.45) is -3.34. The Morgan fingerprint density at radius 2 is 1.87 bits per heavy atom. The number of carboxylic acids is 1. The fraction of sp³-hybridized carbons (Fsp3) is 0.500. The van der Waals surface area contributed by atoms with Crippen LogP contribution in [0.25, 0.3) is 0 Å². The van der Waals surface area contributed by atoms with Crippen molar-refractivity contribution in [1.82, 2.24) is 5.32 Å². The normalized spacial score (nSPS) is 14.0. The van der Waals surface area contributed by atoms with Crippen LogP contribution in [0.15, 0.2) is 18.2 Å². The summed E-state index contributed by atoms with van der Waals surface area (Å²) in [4.78, 5) is 22.6. The van der Waals surface area contributed by atoms with Gasteiger partial charge in [-0.25, -0.2) is 9.59 Å². The highest BCUT2D eigenvalue weighted by atomic mass is 16.6. The smallest absolute Gasteiger partial charge is 0.407 e. The third-order valence-electron chi connectivity index (χ3n) is 3.05. The highest BCUT2D eigenvalue weighted by Gasteiger charge is 2.22. The van der Waals surface area contributed by atoms with Crippen LogP contribution in [0.3, 0.4) is 0 Å². The monoisotopic (exact) mass is 325 g/mol. The third-order valence-corrected chi connectivity index (χ3v) is 3.05. The number of ether oxygens (including phenoxy) is 1. The van der Waals surface area contributed by atoms with Gasteiger partial charge in [-0.15, -0.1) is 0 Å². The van der Waals surface area contributed by atoms with Crippen molar-refractivity contribution in [3.05, 3.63) is 34.9 Å². The van der Waals surface area contributed by atoms with Crippen LogP contribution in [0.5, 0.6) is 0 Å². The van der Waals surface area contributed by atoms with Crippen LogP contribution in [0.2, 0.25) is 0 Å². The Morgan fingerprint density at radius 1 is 1.26 bits per heavy atom. The van der Waals surface area contributed by atoms with Crippen molar-refractivity contribution in [2.75, 3.05) is 6.54 Å². The van der Waals surface area contributed by atoms with Gasteiger partial charge in [0.15, 0.2) is 0 Å². The van der Waals surface area contributed by atoms with Gasteiger partial charge in [-0.2, -0.15) is 0 Å². The Morgan fingerprint density at radius 3 is 2.39 bits per heavy atom. The van der Waals surface area contributed by atoms with E-state index < -0.39 is 29.9 Å². The number of hydrogen-bond donors (Lipinski definition) is 4. The molecule has 0 aliphatic carbocycles. The molecule has 4 N–H and O–H groups in total. The number of carbonyl (C=O) groups excluding carboxylic acids is 1. The van der Waals surface area contributed by atoms with Crippen LogP contribution >= 0.6 is 0 Å². The molecule has 1 aromatic rings. The van der Waals surface area contributed by atoms with Gasteiger partial charge in [-0.1, -0.05) is 12.1 Å². The van der Waals surface area contributed by atoms with Crippen LogP contribution in [0.1, 0.15) is 48.4 Å². The molecule has 0 heterocycles. The van der Waals surface area contributed by atoms with E-state index in [1.807, 2.05) is 0 Å². The predicted octanol–water partition coefficient (Wildman–Crippen LogP) is 1.61. The maximum atomic E-state index is 11.5. The molecule has 0 aliphatic heterocycles. The zero-order chi connectivity index (χ0) is 17.8. The first-order valence-electron chi connectivity index (χ1n) is 7.18. The number of benzene rings is 1. The summed E-state index contributed by atoms with van der Waals surface area (Å²) < 4.78 is 5.02. The first-order chi connectivity index (χ1) is 10.5. The molecule has 7 heteroatoms. The fourth-order valence-corrected chi connectivity index (χ4v) is 1.89. The standard InChI is InChI=1S/C16H23NO6/c1-9-5-6-10(7-11(9)14(20)21)13(19)12(18)8-17-15(22)23-16(2,3)4/h5-7,12-13,18-19H,8H2,1-4H3,(H,17,22)(H,20,21). The molecule has 128 valence electrons. The van der Waals surface area contributed by atoms with Gasteiger partial charge in [0.25, 0.3) is 0 Å². The maximum Gasteiger partial charge on any atom is 0.407 e. The van der Waals surface area contributed by atoms with E-state index in [9.17, 15) is 19.8 Å². The quantitative estimate of drug-likeness (QED) is 0.653. The number of aryl methyl sites for hydroxylation is 1. The van der Waals surface area contributed by atoms with Crippen LogP contribution in [-0.4, -0.2) is 45.6 Å². The van der Waals surface area contributed by atoms with E-state index in [1.165, 1.54) is 12.1 Å². The largest absolute Gasteiger partial charge is 0.478 e. The average Bonchev–Trinajstić information content (AvgIpc) is 2.42. The molecule has 1 amide bonds. The summed E-state index contributed by atoms with van der Waals surface area (Å²) >= 11 is 0. The second-order valence-electron chi connectivity index (χ2n) is 6.27. The van der Waals surface area contributed by atoms with E-state index in [0.717, 1.165) is 0 Å². The van der Waals surface area contributed by atoms with Crippen molar-refractivity contribution in [3.63, 3.8) is 0 Å². The van der Waals surface area contributed by atoms with Crippen LogP contribution < -0.4 is 5.32 Å². The van der Waals surface area contributed by atoms with Crippen LogP contribution in [-0.2, 0) is 4.74 Å². The topological polar surface area (TPSA) is 116 Å². The Hall–Kier alpha value is -2.12. The van der Waals surface area contributed by atoms with Crippen molar-refractivity contribution in [3.8, 4) is 0 Å². The highest BCUT2D eigenvalue weighted by Crippen LogP contribution is 2.20. The first kappa shape index (κ1) is 18.9. The zero-order valence-electron chi connectivity index (χ0n) is 13.7. The molecule has 0 aromatic heterocycles. The molecule has 1 rings (SSSR count). The van der Waals surface area contributed by atoms with E-state index in [0.29, 0.717) is 5.56 Å². The maximum absolute atomic E-state index is 11.5. The zero-order valence-corrected chi connectivity index (χ0v) is 13.7. The van der Waals surface area contributed by atoms with Crippen molar-refractivity contribution in [1.29, 1.82) is 0 Å². The fourth-order valence-electron chi connectivity index (χ4n) is 1.89. The summed E-state index contributed by atoms with van der Waals surface area (Å²) in [5.74, 6) is -1.11. The second-order valence-corrected chi connectivity index (χ2v) is 6.27. The molecule has 1 aromatic carbocycles. The summed E-state index contributed by atoms with van der Waals surface area (Å²) in [5, 5.41) is 31.5. The molecule has 0 radical (unpaired) electrons. The Labute approximate surface area is 134 Å². The third kappa shape index (κ3) is 5.88. The second kappa shape index (κ2) is 7.43. The Kier molecular flexibility index (Phi) is 6.12. The number of hydrogen-bond acceptors (Lipinski definition) is 5. The molecule has 7 nitrogen and oxygen atoms in total. The molecule has 0 spiro atoms. The molecule has 0 saturated heterocycles. The molecular formula is C16H23NO6. The van der Waals surface area contributed by atoms with Crippen LogP contribution in [0.4, 0.5) is 4.79 Å². The molecule has 0 bridgehead atoms. The lowest BCUT2D eigenvalue weighted by Gasteiger charge is -2.22. The number of aliphatic hydroxyl groups is 2. The summed E-state index contributed by atoms with van der Waals surface area (Å²) in [5.41, 5.74) is 0.191. The van der Waals surface area contributed by atoms with E-state index >= 15 is 0 Å². The number of rotatable bonds is 5. The van der Waals surface area contributed by atoms with Crippen LogP contribution in [0, 0.1) is 6.92 Å². The molecule has 23 heavy (non-hydrogen) atoms. The number of aromatic carboxylic acids is 1. The van der Waals surface area contributed by atoms with E-state index in [4.69, 9.17) is 9.84 Å². The first-order valence-corrected chi connectivity index (χ1v) is 7.18. The minimum atomic E-state index is -1.33. The Bertz CT molecular complexity index is 578. The Balaban J connectivity index is 2.70. The number of aliphatic hydroxyl groups excluding tert-OH is 2. The summed E-state index contributed by atoms with van der Waals surface area (Å²) in [6, 6.07) is 4.39. The van der Waals surface area contributed by atoms with Crippen molar-refractivity contribution >= 4 is 12.1 Å². The number of alkyl carbamates (subject to hydrolysis) is 1. The van der Waals surface area contributed by atoms with Gasteiger partial charge in [0.1, 0.15) is 17.8 Å². The molecule has 0 fully saturated rings. The average molecular weight is 325 g/mol. The molecule has 2 unspecified atom stereocenters. The lowest BCUT2D eigenvalue weighted by molar-refractivity contribution is 0.0129. The summed E-state index contributed by atoms with van der Waals surface area (Å²) in [7, 11) is 0. The van der Waals surface area contributed by atoms with Crippen molar-refractivity contribution in [2.45, 2.75) is 45.5 Å². The summed E-state index contributed by atoms with van der Waals surface area (Å²) in [6.45, 7) is 6.53. The number of carboxylic acid groups (broad SMARTS) is 1. The minimum absolute atomic E-state index is 0.0499. The lowest BCUT2D eigenvalue weighted by Crippen LogP contribution is -2.38. The number of carbonyl (C=O) groups is 2. The van der Waals surface area contributed by atoms with Gasteiger partial charge < -0.3 is 25.4 Å². The van der Waals surface area contributed by atoms with Gasteiger partial charge in [0, 0.05) is 6.54 Å². The molecule has 0 aliphatic rings. The van der Waals surface area contributed by atoms with Gasteiger partial charge >= 0.3 is 12.1 Å². The minimum Gasteiger partial charge on any atom is -0.478 e. The molecule has 2 atom stereocenters. The van der Waals surface area contributed by atoms with E-state index in [1.54, 1.807) is 33.8 Å². The molecule has 0 saturated carbocycles. The van der Waals surface area contributed by atoms with E-state index in [2.05, 4.69) is 5.32 Å². The number of amides is 1. The predicted molar refractivity (Wildman–Crippen MR) is 83.3 cm³/mol. The number of nitrogens with one attached hydrogen (secondary N) is 1. The van der Waals surface area contributed by atoms with Gasteiger partial charge in [0.2, 0.25) is 0 Å². The van der Waals surface area contributed by atoms with Gasteiger partial charge in [0.05, 0.1) is 5.56 Å².